The van der Waals surface area contributed by atoms with Gasteiger partial charge < -0.3 is 5.32 Å². The minimum Gasteiger partial charge on any atom is -0.314 e. The van der Waals surface area contributed by atoms with Crippen molar-refractivity contribution in [2.45, 2.75) is 43.1 Å². The van der Waals surface area contributed by atoms with Crippen LogP contribution >= 0.6 is 15.9 Å². The first-order chi connectivity index (χ1) is 7.68. The Morgan fingerprint density at radius 2 is 1.75 bits per heavy atom. The van der Waals surface area contributed by atoms with E-state index in [-0.39, 0.29) is 0 Å². The lowest BCUT2D eigenvalue weighted by Gasteiger charge is -2.23. The summed E-state index contributed by atoms with van der Waals surface area (Å²) >= 11 is 3.51. The normalized spacial score (nSPS) is 24.1. The van der Waals surface area contributed by atoms with Crippen LogP contribution in [0.5, 0.6) is 0 Å². The highest BCUT2D eigenvalue weighted by Crippen LogP contribution is 2.57. The molecule has 0 aromatic heterocycles. The molecule has 86 valence electrons. The van der Waals surface area contributed by atoms with Gasteiger partial charge >= 0.3 is 0 Å². The van der Waals surface area contributed by atoms with Crippen molar-refractivity contribution in [2.75, 3.05) is 7.05 Å². The molecule has 0 unspecified atom stereocenters. The topological polar surface area (TPSA) is 12.0 Å². The van der Waals surface area contributed by atoms with Crippen molar-refractivity contribution in [3.63, 3.8) is 0 Å². The van der Waals surface area contributed by atoms with Gasteiger partial charge in [-0.05, 0) is 62.3 Å². The van der Waals surface area contributed by atoms with Crippen LogP contribution in [-0.4, -0.2) is 12.6 Å². The maximum atomic E-state index is 3.52. The highest BCUT2D eigenvalue weighted by molar-refractivity contribution is 9.10. The summed E-state index contributed by atoms with van der Waals surface area (Å²) in [6, 6.07) is 8.94. The first kappa shape index (κ1) is 10.8. The van der Waals surface area contributed by atoms with E-state index >= 15 is 0 Å². The van der Waals surface area contributed by atoms with Crippen LogP contribution in [0.2, 0.25) is 0 Å². The lowest BCUT2D eigenvalue weighted by Crippen LogP contribution is -2.31. The predicted molar refractivity (Wildman–Crippen MR) is 70.7 cm³/mol. The van der Waals surface area contributed by atoms with Crippen LogP contribution < -0.4 is 5.32 Å². The van der Waals surface area contributed by atoms with Gasteiger partial charge in [0, 0.05) is 10.0 Å². The first-order valence-corrected chi connectivity index (χ1v) is 6.92. The van der Waals surface area contributed by atoms with Crippen LogP contribution in [0.15, 0.2) is 28.7 Å². The van der Waals surface area contributed by atoms with Crippen LogP contribution in [-0.2, 0) is 5.41 Å². The second-order valence-corrected chi connectivity index (χ2v) is 6.41. The summed E-state index contributed by atoms with van der Waals surface area (Å²) in [6.07, 6.45) is 6.80. The fourth-order valence-corrected chi connectivity index (χ4v) is 3.10. The van der Waals surface area contributed by atoms with E-state index in [1.54, 1.807) is 0 Å². The fourth-order valence-electron chi connectivity index (χ4n) is 2.84. The monoisotopic (exact) mass is 279 g/mol. The van der Waals surface area contributed by atoms with E-state index in [4.69, 9.17) is 0 Å². The molecule has 2 aliphatic carbocycles. The highest BCUT2D eigenvalue weighted by Gasteiger charge is 2.53. The van der Waals surface area contributed by atoms with E-state index in [2.05, 4.69) is 52.6 Å². The number of hydrogen-bond donors (Lipinski definition) is 1. The average Bonchev–Trinajstić information content (AvgIpc) is 3.19. The third-order valence-corrected chi connectivity index (χ3v) is 4.90. The van der Waals surface area contributed by atoms with E-state index < -0.39 is 0 Å². The zero-order chi connectivity index (χ0) is 11.2. The molecule has 2 saturated carbocycles. The lowest BCUT2D eigenvalue weighted by molar-refractivity contribution is 0.441. The molecule has 0 amide bonds. The summed E-state index contributed by atoms with van der Waals surface area (Å²) in [7, 11) is 2.12. The number of rotatable bonds is 4. The smallest absolute Gasteiger partial charge is 0.0188 e. The van der Waals surface area contributed by atoms with Gasteiger partial charge in [-0.25, -0.2) is 0 Å². The molecule has 1 aromatic rings. The largest absolute Gasteiger partial charge is 0.314 e. The van der Waals surface area contributed by atoms with Gasteiger partial charge in [0.05, 0.1) is 0 Å². The van der Waals surface area contributed by atoms with Gasteiger partial charge in [0.2, 0.25) is 0 Å². The average molecular weight is 280 g/mol. The molecule has 3 rings (SSSR count). The van der Waals surface area contributed by atoms with Gasteiger partial charge in [-0.2, -0.15) is 0 Å². The molecule has 2 heteroatoms. The van der Waals surface area contributed by atoms with E-state index in [0.29, 0.717) is 11.0 Å². The van der Waals surface area contributed by atoms with Gasteiger partial charge in [0.25, 0.3) is 0 Å². The number of halogens is 1. The summed E-state index contributed by atoms with van der Waals surface area (Å²) < 4.78 is 1.18. The second-order valence-electron chi connectivity index (χ2n) is 5.49. The Labute approximate surface area is 106 Å². The number of nitrogens with one attached hydrogen (secondary N) is 1. The van der Waals surface area contributed by atoms with Crippen LogP contribution in [0.1, 0.15) is 37.7 Å². The number of benzene rings is 1. The standard InChI is InChI=1S/C14H18BrN/c1-16-14(8-9-14)10-13(6-7-13)11-2-4-12(15)5-3-11/h2-5,16H,6-10H2,1H3. The molecule has 16 heavy (non-hydrogen) atoms. The Hall–Kier alpha value is -0.340. The Balaban J connectivity index is 1.80. The van der Waals surface area contributed by atoms with Gasteiger partial charge in [0.15, 0.2) is 0 Å². The van der Waals surface area contributed by atoms with Crippen LogP contribution in [0.25, 0.3) is 0 Å². The molecule has 0 spiro atoms. The Morgan fingerprint density at radius 1 is 1.12 bits per heavy atom. The van der Waals surface area contributed by atoms with Crippen molar-refractivity contribution in [2.24, 2.45) is 0 Å². The highest BCUT2D eigenvalue weighted by atomic mass is 79.9. The maximum absolute atomic E-state index is 3.52. The zero-order valence-corrected chi connectivity index (χ0v) is 11.3. The molecular formula is C14H18BrN. The molecule has 0 radical (unpaired) electrons. The lowest BCUT2D eigenvalue weighted by atomic mass is 9.88. The zero-order valence-electron chi connectivity index (χ0n) is 9.72. The molecule has 0 atom stereocenters. The van der Waals surface area contributed by atoms with Crippen LogP contribution in [0.4, 0.5) is 0 Å². The molecule has 1 nitrogen and oxygen atoms in total. The van der Waals surface area contributed by atoms with Crippen LogP contribution in [0, 0.1) is 0 Å². The Kier molecular flexibility index (Phi) is 2.41. The SMILES string of the molecule is CNC1(CC2(c3ccc(Br)cc3)CC2)CC1. The Bertz CT molecular complexity index is 388. The molecule has 1 aromatic carbocycles. The molecular weight excluding hydrogens is 262 g/mol. The summed E-state index contributed by atoms with van der Waals surface area (Å²) in [6.45, 7) is 0. The van der Waals surface area contributed by atoms with Gasteiger partial charge in [0.1, 0.15) is 0 Å². The van der Waals surface area contributed by atoms with E-state index in [1.165, 1.54) is 42.1 Å². The predicted octanol–water partition coefficient (Wildman–Crippen LogP) is 3.62. The molecule has 0 bridgehead atoms. The van der Waals surface area contributed by atoms with E-state index in [9.17, 15) is 0 Å². The summed E-state index contributed by atoms with van der Waals surface area (Å²) in [5.74, 6) is 0. The first-order valence-electron chi connectivity index (χ1n) is 6.13. The maximum Gasteiger partial charge on any atom is 0.0188 e. The minimum absolute atomic E-state index is 0.476. The minimum atomic E-state index is 0.476. The second kappa shape index (κ2) is 3.58. The van der Waals surface area contributed by atoms with Crippen molar-refractivity contribution < 1.29 is 0 Å². The molecule has 2 fully saturated rings. The fraction of sp³-hybridized carbons (Fsp3) is 0.571. The summed E-state index contributed by atoms with van der Waals surface area (Å²) in [4.78, 5) is 0. The number of hydrogen-bond acceptors (Lipinski definition) is 1. The van der Waals surface area contributed by atoms with Crippen molar-refractivity contribution in [1.29, 1.82) is 0 Å². The summed E-state index contributed by atoms with van der Waals surface area (Å²) in [5.41, 5.74) is 2.52. The quantitative estimate of drug-likeness (QED) is 0.888. The van der Waals surface area contributed by atoms with Crippen molar-refractivity contribution >= 4 is 15.9 Å². The third-order valence-electron chi connectivity index (χ3n) is 4.37. The van der Waals surface area contributed by atoms with E-state index in [1.807, 2.05) is 0 Å². The molecule has 0 aliphatic heterocycles. The molecule has 2 aliphatic rings. The van der Waals surface area contributed by atoms with Crippen molar-refractivity contribution in [3.8, 4) is 0 Å². The molecule has 0 saturated heterocycles. The van der Waals surface area contributed by atoms with Gasteiger partial charge in [-0.1, -0.05) is 28.1 Å². The van der Waals surface area contributed by atoms with Crippen molar-refractivity contribution in [1.82, 2.24) is 5.32 Å². The molecule has 1 N–H and O–H groups in total. The molecule has 0 heterocycles. The van der Waals surface area contributed by atoms with Gasteiger partial charge in [-0.3, -0.25) is 0 Å². The Morgan fingerprint density at radius 3 is 2.19 bits per heavy atom. The van der Waals surface area contributed by atoms with Crippen LogP contribution in [0.3, 0.4) is 0 Å². The third kappa shape index (κ3) is 1.82. The summed E-state index contributed by atoms with van der Waals surface area (Å²) in [5, 5.41) is 3.52. The van der Waals surface area contributed by atoms with Gasteiger partial charge in [-0.15, -0.1) is 0 Å². The van der Waals surface area contributed by atoms with Crippen molar-refractivity contribution in [3.05, 3.63) is 34.3 Å². The van der Waals surface area contributed by atoms with E-state index in [0.717, 1.165) is 0 Å².